The minimum absolute atomic E-state index is 0.157. The summed E-state index contributed by atoms with van der Waals surface area (Å²) < 4.78 is 0. The molecule has 4 nitrogen and oxygen atoms in total. The molecular formula is C13H27N3O. The van der Waals surface area contributed by atoms with E-state index in [0.29, 0.717) is 18.6 Å². The van der Waals surface area contributed by atoms with Crippen LogP contribution in [0.25, 0.3) is 0 Å². The van der Waals surface area contributed by atoms with Crippen molar-refractivity contribution in [2.75, 3.05) is 27.2 Å². The third-order valence-corrected chi connectivity index (χ3v) is 3.69. The third-order valence-electron chi connectivity index (χ3n) is 3.69. The second-order valence-corrected chi connectivity index (χ2v) is 5.06. The van der Waals surface area contributed by atoms with Gasteiger partial charge >= 0.3 is 0 Å². The van der Waals surface area contributed by atoms with Crippen molar-refractivity contribution >= 4 is 5.91 Å². The van der Waals surface area contributed by atoms with Crippen molar-refractivity contribution in [2.24, 2.45) is 0 Å². The number of likely N-dealkylation sites (N-methyl/N-ethyl adjacent to an activating group) is 1. The van der Waals surface area contributed by atoms with Gasteiger partial charge in [0.05, 0.1) is 6.54 Å². The molecule has 4 heteroatoms. The van der Waals surface area contributed by atoms with Crippen molar-refractivity contribution < 1.29 is 4.79 Å². The predicted octanol–water partition coefficient (Wildman–Crippen LogP) is 0.975. The second-order valence-electron chi connectivity index (χ2n) is 5.06. The Hall–Kier alpha value is -0.610. The molecule has 1 aliphatic carbocycles. The predicted molar refractivity (Wildman–Crippen MR) is 71.0 cm³/mol. The van der Waals surface area contributed by atoms with Crippen LogP contribution in [0.3, 0.4) is 0 Å². The Morgan fingerprint density at radius 1 is 1.29 bits per heavy atom. The molecule has 1 saturated carbocycles. The Kier molecular flexibility index (Phi) is 6.52. The summed E-state index contributed by atoms with van der Waals surface area (Å²) in [6, 6.07) is 1.25. The highest BCUT2D eigenvalue weighted by Crippen LogP contribution is 2.21. The fourth-order valence-electron chi connectivity index (χ4n) is 2.48. The van der Waals surface area contributed by atoms with Crippen molar-refractivity contribution in [1.82, 2.24) is 15.5 Å². The van der Waals surface area contributed by atoms with Gasteiger partial charge in [0.2, 0.25) is 5.91 Å². The minimum Gasteiger partial charge on any atom is -0.355 e. The van der Waals surface area contributed by atoms with Crippen LogP contribution in [-0.4, -0.2) is 50.1 Å². The summed E-state index contributed by atoms with van der Waals surface area (Å²) in [5.74, 6) is 0.157. The van der Waals surface area contributed by atoms with Crippen molar-refractivity contribution in [2.45, 2.75) is 51.1 Å². The summed E-state index contributed by atoms with van der Waals surface area (Å²) in [6.45, 7) is 3.40. The maximum atomic E-state index is 11.6. The molecule has 1 fully saturated rings. The largest absolute Gasteiger partial charge is 0.355 e. The van der Waals surface area contributed by atoms with Gasteiger partial charge in [-0.25, -0.2) is 0 Å². The number of nitrogens with zero attached hydrogens (tertiary/aromatic N) is 1. The van der Waals surface area contributed by atoms with E-state index in [-0.39, 0.29) is 5.91 Å². The first-order chi connectivity index (χ1) is 8.17. The number of carbonyl (C=O) groups is 1. The molecule has 0 radical (unpaired) electrons. The molecule has 0 heterocycles. The van der Waals surface area contributed by atoms with Gasteiger partial charge < -0.3 is 10.6 Å². The normalized spacial score (nSPS) is 24.9. The maximum absolute atomic E-state index is 11.6. The van der Waals surface area contributed by atoms with Gasteiger partial charge in [-0.2, -0.15) is 0 Å². The average molecular weight is 241 g/mol. The van der Waals surface area contributed by atoms with Crippen LogP contribution in [0.5, 0.6) is 0 Å². The fourth-order valence-corrected chi connectivity index (χ4v) is 2.48. The van der Waals surface area contributed by atoms with Gasteiger partial charge in [0.1, 0.15) is 0 Å². The van der Waals surface area contributed by atoms with Crippen LogP contribution in [0, 0.1) is 0 Å². The van der Waals surface area contributed by atoms with Gasteiger partial charge in [0.15, 0.2) is 0 Å². The molecule has 0 aromatic carbocycles. The van der Waals surface area contributed by atoms with E-state index in [1.165, 1.54) is 25.7 Å². The average Bonchev–Trinajstić information content (AvgIpc) is 2.36. The summed E-state index contributed by atoms with van der Waals surface area (Å²) in [4.78, 5) is 13.8. The van der Waals surface area contributed by atoms with Crippen LogP contribution >= 0.6 is 0 Å². The Morgan fingerprint density at radius 3 is 2.47 bits per heavy atom. The summed E-state index contributed by atoms with van der Waals surface area (Å²) in [6.07, 6.45) is 5.85. The van der Waals surface area contributed by atoms with E-state index in [1.807, 2.05) is 7.05 Å². The summed E-state index contributed by atoms with van der Waals surface area (Å²) in [7, 11) is 4.10. The number of amides is 1. The molecule has 100 valence electrons. The molecule has 0 aliphatic heterocycles. The van der Waals surface area contributed by atoms with E-state index >= 15 is 0 Å². The maximum Gasteiger partial charge on any atom is 0.234 e. The van der Waals surface area contributed by atoms with Crippen molar-refractivity contribution in [3.8, 4) is 0 Å². The zero-order valence-electron chi connectivity index (χ0n) is 11.5. The standard InChI is InChI=1S/C13H27N3O/c1-4-9-15-13(17)10-16(3)12-7-5-11(14-2)6-8-12/h11-12,14H,4-10H2,1-3H3,(H,15,17). The summed E-state index contributed by atoms with van der Waals surface area (Å²) in [5, 5.41) is 6.26. The molecule has 0 bridgehead atoms. The Labute approximate surface area is 105 Å². The molecule has 0 atom stereocenters. The molecule has 2 N–H and O–H groups in total. The molecular weight excluding hydrogens is 214 g/mol. The summed E-state index contributed by atoms with van der Waals surface area (Å²) in [5.41, 5.74) is 0. The lowest BCUT2D eigenvalue weighted by molar-refractivity contribution is -0.122. The van der Waals surface area contributed by atoms with Gasteiger partial charge in [0, 0.05) is 18.6 Å². The fraction of sp³-hybridized carbons (Fsp3) is 0.923. The van der Waals surface area contributed by atoms with Crippen LogP contribution in [-0.2, 0) is 4.79 Å². The molecule has 0 aromatic heterocycles. The zero-order valence-corrected chi connectivity index (χ0v) is 11.5. The number of nitrogens with one attached hydrogen (secondary N) is 2. The first kappa shape index (κ1) is 14.5. The van der Waals surface area contributed by atoms with E-state index in [1.54, 1.807) is 0 Å². The number of hydrogen-bond acceptors (Lipinski definition) is 3. The lowest BCUT2D eigenvalue weighted by Gasteiger charge is -2.34. The topological polar surface area (TPSA) is 44.4 Å². The third kappa shape index (κ3) is 5.04. The van der Waals surface area contributed by atoms with E-state index in [4.69, 9.17) is 0 Å². The molecule has 0 saturated heterocycles. The quantitative estimate of drug-likeness (QED) is 0.728. The van der Waals surface area contributed by atoms with Gasteiger partial charge in [-0.1, -0.05) is 6.92 Å². The highest BCUT2D eigenvalue weighted by Gasteiger charge is 2.23. The van der Waals surface area contributed by atoms with Crippen LogP contribution < -0.4 is 10.6 Å². The van der Waals surface area contributed by atoms with E-state index in [9.17, 15) is 4.79 Å². The Bertz CT molecular complexity index is 225. The van der Waals surface area contributed by atoms with Crippen LogP contribution in [0.2, 0.25) is 0 Å². The lowest BCUT2D eigenvalue weighted by Crippen LogP contribution is -2.44. The van der Waals surface area contributed by atoms with E-state index in [2.05, 4.69) is 29.5 Å². The van der Waals surface area contributed by atoms with E-state index < -0.39 is 0 Å². The van der Waals surface area contributed by atoms with Gasteiger partial charge in [0.25, 0.3) is 0 Å². The first-order valence-electron chi connectivity index (χ1n) is 6.81. The molecule has 17 heavy (non-hydrogen) atoms. The highest BCUT2D eigenvalue weighted by atomic mass is 16.2. The molecule has 0 spiro atoms. The molecule has 1 rings (SSSR count). The van der Waals surface area contributed by atoms with Gasteiger partial charge in [-0.3, -0.25) is 9.69 Å². The molecule has 1 amide bonds. The van der Waals surface area contributed by atoms with E-state index in [0.717, 1.165) is 13.0 Å². The second kappa shape index (κ2) is 7.67. The van der Waals surface area contributed by atoms with Gasteiger partial charge in [-0.15, -0.1) is 0 Å². The number of hydrogen-bond donors (Lipinski definition) is 2. The summed E-state index contributed by atoms with van der Waals surface area (Å²) >= 11 is 0. The van der Waals surface area contributed by atoms with Crippen LogP contribution in [0.1, 0.15) is 39.0 Å². The highest BCUT2D eigenvalue weighted by molar-refractivity contribution is 5.77. The number of rotatable bonds is 6. The van der Waals surface area contributed by atoms with Crippen LogP contribution in [0.15, 0.2) is 0 Å². The smallest absolute Gasteiger partial charge is 0.234 e. The Balaban J connectivity index is 2.24. The lowest BCUT2D eigenvalue weighted by atomic mass is 9.90. The zero-order chi connectivity index (χ0) is 12.7. The Morgan fingerprint density at radius 2 is 1.94 bits per heavy atom. The molecule has 0 unspecified atom stereocenters. The van der Waals surface area contributed by atoms with Crippen LogP contribution in [0.4, 0.5) is 0 Å². The van der Waals surface area contributed by atoms with Crippen molar-refractivity contribution in [1.29, 1.82) is 0 Å². The monoisotopic (exact) mass is 241 g/mol. The molecule has 0 aromatic rings. The van der Waals surface area contributed by atoms with Crippen molar-refractivity contribution in [3.05, 3.63) is 0 Å². The van der Waals surface area contributed by atoms with Gasteiger partial charge in [-0.05, 0) is 46.2 Å². The first-order valence-corrected chi connectivity index (χ1v) is 6.81. The molecule has 1 aliphatic rings. The SMILES string of the molecule is CCCNC(=O)CN(C)C1CCC(NC)CC1. The minimum atomic E-state index is 0.157. The number of carbonyl (C=O) groups excluding carboxylic acids is 1. The van der Waals surface area contributed by atoms with Crippen molar-refractivity contribution in [3.63, 3.8) is 0 Å².